The van der Waals surface area contributed by atoms with Crippen molar-refractivity contribution in [1.29, 1.82) is 0 Å². The van der Waals surface area contributed by atoms with E-state index < -0.39 is 26.7 Å². The summed E-state index contributed by atoms with van der Waals surface area (Å²) in [6.45, 7) is 0.0752. The van der Waals surface area contributed by atoms with E-state index in [1.807, 2.05) is 0 Å². The third kappa shape index (κ3) is 6.39. The van der Waals surface area contributed by atoms with E-state index in [1.54, 1.807) is 24.3 Å². The van der Waals surface area contributed by atoms with Crippen molar-refractivity contribution in [3.05, 3.63) is 53.1 Å². The Bertz CT molecular complexity index is 948. The molecule has 0 saturated heterocycles. The highest BCUT2D eigenvalue weighted by Crippen LogP contribution is 2.36. The first-order valence-electron chi connectivity index (χ1n) is 8.00. The van der Waals surface area contributed by atoms with Crippen molar-refractivity contribution in [3.63, 3.8) is 0 Å². The average molecular weight is 436 g/mol. The van der Waals surface area contributed by atoms with E-state index in [2.05, 4.69) is 10.6 Å². The van der Waals surface area contributed by atoms with E-state index in [0.29, 0.717) is 16.8 Å². The minimum Gasteiger partial charge on any atom is -0.385 e. The molecule has 2 aromatic rings. The Morgan fingerprint density at radius 3 is 2.32 bits per heavy atom. The lowest BCUT2D eigenvalue weighted by atomic mass is 10.1. The number of anilines is 2. The molecule has 0 unspecified atom stereocenters. The molecule has 0 radical (unpaired) electrons. The van der Waals surface area contributed by atoms with Gasteiger partial charge in [0.05, 0.1) is 10.5 Å². The predicted octanol–water partition coefficient (Wildman–Crippen LogP) is 3.84. The number of nitrogens with one attached hydrogen (secondary N) is 2. The fourth-order valence-corrected chi connectivity index (χ4v) is 2.98. The number of amides is 1. The summed E-state index contributed by atoms with van der Waals surface area (Å²) in [7, 11) is -4.26. The van der Waals surface area contributed by atoms with Crippen LogP contribution >= 0.6 is 11.6 Å². The van der Waals surface area contributed by atoms with E-state index in [-0.39, 0.29) is 31.0 Å². The number of carbonyl (C=O) groups excluding carboxylic acids is 1. The summed E-state index contributed by atoms with van der Waals surface area (Å²) < 4.78 is 62.1. The molecule has 2 rings (SSSR count). The zero-order valence-corrected chi connectivity index (χ0v) is 16.0. The molecule has 4 N–H and O–H groups in total. The fraction of sp³-hybridized carbons (Fsp3) is 0.235. The molecule has 0 aliphatic rings. The highest BCUT2D eigenvalue weighted by molar-refractivity contribution is 7.89. The van der Waals surface area contributed by atoms with Gasteiger partial charge in [-0.2, -0.15) is 13.2 Å². The van der Waals surface area contributed by atoms with Gasteiger partial charge in [-0.05, 0) is 48.9 Å². The first-order valence-corrected chi connectivity index (χ1v) is 9.92. The molecule has 1 amide bonds. The van der Waals surface area contributed by atoms with Gasteiger partial charge in [0.15, 0.2) is 0 Å². The Hall–Kier alpha value is -2.30. The van der Waals surface area contributed by atoms with Crippen molar-refractivity contribution < 1.29 is 26.4 Å². The Labute approximate surface area is 164 Å². The van der Waals surface area contributed by atoms with Gasteiger partial charge in [0, 0.05) is 29.4 Å². The molecule has 152 valence electrons. The molecule has 0 aliphatic heterocycles. The van der Waals surface area contributed by atoms with Gasteiger partial charge >= 0.3 is 6.18 Å². The number of halogens is 4. The summed E-state index contributed by atoms with van der Waals surface area (Å²) in [5.74, 6) is -0.301. The van der Waals surface area contributed by atoms with Crippen molar-refractivity contribution in [2.24, 2.45) is 5.14 Å². The first-order chi connectivity index (χ1) is 13.0. The predicted molar refractivity (Wildman–Crippen MR) is 101 cm³/mol. The molecule has 11 heteroatoms. The number of hydrogen-bond donors (Lipinski definition) is 3. The van der Waals surface area contributed by atoms with Crippen molar-refractivity contribution in [3.8, 4) is 0 Å². The van der Waals surface area contributed by atoms with E-state index in [4.69, 9.17) is 16.7 Å². The molecule has 6 nitrogen and oxygen atoms in total. The van der Waals surface area contributed by atoms with E-state index >= 15 is 0 Å². The van der Waals surface area contributed by atoms with Gasteiger partial charge in [-0.1, -0.05) is 11.6 Å². The third-order valence-electron chi connectivity index (χ3n) is 3.65. The van der Waals surface area contributed by atoms with E-state index in [0.717, 1.165) is 12.1 Å². The first kappa shape index (κ1) is 22.0. The second-order valence-electron chi connectivity index (χ2n) is 5.84. The maximum Gasteiger partial charge on any atom is 0.418 e. The van der Waals surface area contributed by atoms with Crippen molar-refractivity contribution in [2.45, 2.75) is 23.9 Å². The number of nitrogens with two attached hydrogens (primary N) is 1. The van der Waals surface area contributed by atoms with Crippen LogP contribution in [-0.4, -0.2) is 20.9 Å². The zero-order chi connectivity index (χ0) is 20.9. The minimum absolute atomic E-state index is 0.0752. The van der Waals surface area contributed by atoms with Gasteiger partial charge in [-0.3, -0.25) is 4.79 Å². The van der Waals surface area contributed by atoms with Crippen LogP contribution in [0.3, 0.4) is 0 Å². The molecule has 0 saturated carbocycles. The normalized spacial score (nSPS) is 11.9. The number of alkyl halides is 3. The van der Waals surface area contributed by atoms with Gasteiger partial charge in [-0.15, -0.1) is 0 Å². The summed E-state index contributed by atoms with van der Waals surface area (Å²) in [6, 6.07) is 8.94. The SMILES string of the molecule is NS(=O)(=O)c1ccc(NCCCC(=O)Nc2ccc(Cl)cc2)c(C(F)(F)F)c1. The second-order valence-corrected chi connectivity index (χ2v) is 7.83. The number of rotatable bonds is 7. The standard InChI is InChI=1S/C17H17ClF3N3O3S/c18-11-3-5-12(6-4-11)24-16(25)2-1-9-23-15-8-7-13(28(22,26)27)10-14(15)17(19,20)21/h3-8,10,23H,1-2,9H2,(H,24,25)(H2,22,26,27). The summed E-state index contributed by atoms with van der Waals surface area (Å²) in [4.78, 5) is 11.2. The minimum atomic E-state index is -4.77. The second kappa shape index (κ2) is 8.80. The topological polar surface area (TPSA) is 101 Å². The van der Waals surface area contributed by atoms with Gasteiger partial charge in [-0.25, -0.2) is 13.6 Å². The molecule has 0 bridgehead atoms. The molecule has 0 atom stereocenters. The number of benzene rings is 2. The van der Waals surface area contributed by atoms with Crippen LogP contribution < -0.4 is 15.8 Å². The van der Waals surface area contributed by atoms with Crippen LogP contribution in [0.5, 0.6) is 0 Å². The molecule has 0 aliphatic carbocycles. The summed E-state index contributed by atoms with van der Waals surface area (Å²) >= 11 is 5.75. The summed E-state index contributed by atoms with van der Waals surface area (Å²) in [5.41, 5.74) is -0.886. The Morgan fingerprint density at radius 2 is 1.75 bits per heavy atom. The monoisotopic (exact) mass is 435 g/mol. The largest absolute Gasteiger partial charge is 0.418 e. The molecule has 28 heavy (non-hydrogen) atoms. The highest BCUT2D eigenvalue weighted by atomic mass is 35.5. The van der Waals surface area contributed by atoms with Gasteiger partial charge in [0.2, 0.25) is 15.9 Å². The lowest BCUT2D eigenvalue weighted by Gasteiger charge is -2.15. The van der Waals surface area contributed by atoms with Gasteiger partial charge in [0.1, 0.15) is 0 Å². The number of sulfonamides is 1. The fourth-order valence-electron chi connectivity index (χ4n) is 2.32. The van der Waals surface area contributed by atoms with Crippen LogP contribution in [0, 0.1) is 0 Å². The van der Waals surface area contributed by atoms with E-state index in [9.17, 15) is 26.4 Å². The maximum atomic E-state index is 13.2. The number of hydrogen-bond acceptors (Lipinski definition) is 4. The van der Waals surface area contributed by atoms with Crippen LogP contribution in [0.15, 0.2) is 47.4 Å². The number of carbonyl (C=O) groups is 1. The van der Waals surface area contributed by atoms with Crippen LogP contribution in [0.1, 0.15) is 18.4 Å². The molecule has 0 aromatic heterocycles. The summed E-state index contributed by atoms with van der Waals surface area (Å²) in [6.07, 6.45) is -4.44. The average Bonchev–Trinajstić information content (AvgIpc) is 2.59. The van der Waals surface area contributed by atoms with Crippen LogP contribution in [-0.2, 0) is 21.0 Å². The van der Waals surface area contributed by atoms with Crippen molar-refractivity contribution >= 4 is 38.9 Å². The Balaban J connectivity index is 1.95. The van der Waals surface area contributed by atoms with Crippen LogP contribution in [0.25, 0.3) is 0 Å². The van der Waals surface area contributed by atoms with Gasteiger partial charge < -0.3 is 10.6 Å². The maximum absolute atomic E-state index is 13.2. The smallest absolute Gasteiger partial charge is 0.385 e. The van der Waals surface area contributed by atoms with Crippen molar-refractivity contribution in [1.82, 2.24) is 0 Å². The molecule has 0 fully saturated rings. The lowest BCUT2D eigenvalue weighted by molar-refractivity contribution is -0.137. The zero-order valence-electron chi connectivity index (χ0n) is 14.4. The highest BCUT2D eigenvalue weighted by Gasteiger charge is 2.34. The van der Waals surface area contributed by atoms with Crippen LogP contribution in [0.2, 0.25) is 5.02 Å². The van der Waals surface area contributed by atoms with Crippen LogP contribution in [0.4, 0.5) is 24.5 Å². The summed E-state index contributed by atoms with van der Waals surface area (Å²) in [5, 5.41) is 10.6. The van der Waals surface area contributed by atoms with Gasteiger partial charge in [0.25, 0.3) is 0 Å². The molecule has 2 aromatic carbocycles. The Kier molecular flexibility index (Phi) is 6.91. The Morgan fingerprint density at radius 1 is 1.11 bits per heavy atom. The third-order valence-corrected chi connectivity index (χ3v) is 4.81. The van der Waals surface area contributed by atoms with E-state index in [1.165, 1.54) is 0 Å². The molecule has 0 spiro atoms. The van der Waals surface area contributed by atoms with Crippen molar-refractivity contribution in [2.75, 3.05) is 17.2 Å². The molecular formula is C17H17ClF3N3O3S. The quantitative estimate of drug-likeness (QED) is 0.575. The number of primary sulfonamides is 1. The molecular weight excluding hydrogens is 419 g/mol. The molecule has 0 heterocycles. The lowest BCUT2D eigenvalue weighted by Crippen LogP contribution is -2.17.